The topological polar surface area (TPSA) is 81.9 Å². The smallest absolute Gasteiger partial charge is 0.340 e. The van der Waals surface area contributed by atoms with E-state index in [4.69, 9.17) is 4.74 Å². The first-order valence-corrected chi connectivity index (χ1v) is 5.93. The van der Waals surface area contributed by atoms with Crippen LogP contribution in [0.3, 0.4) is 0 Å². The first kappa shape index (κ1) is 13.0. The minimum atomic E-state index is -0.349. The lowest BCUT2D eigenvalue weighted by molar-refractivity contribution is 0.0527. The molecule has 7 nitrogen and oxygen atoms in total. The normalized spacial score (nSPS) is 10.2. The molecule has 0 spiro atoms. The van der Waals surface area contributed by atoms with E-state index in [0.29, 0.717) is 30.2 Å². The van der Waals surface area contributed by atoms with Gasteiger partial charge >= 0.3 is 5.97 Å². The lowest BCUT2D eigenvalue weighted by Gasteiger charge is -2.09. The van der Waals surface area contributed by atoms with Gasteiger partial charge in [0.1, 0.15) is 0 Å². The fraction of sp³-hybridized carbons (Fsp3) is 0.333. The van der Waals surface area contributed by atoms with Crippen LogP contribution in [0.4, 0.5) is 5.69 Å². The molecular weight excluding hydrogens is 246 g/mol. The van der Waals surface area contributed by atoms with Crippen molar-refractivity contribution in [2.75, 3.05) is 11.9 Å². The van der Waals surface area contributed by atoms with Crippen molar-refractivity contribution < 1.29 is 9.53 Å². The van der Waals surface area contributed by atoms with Crippen molar-refractivity contribution in [1.82, 2.24) is 20.2 Å². The summed E-state index contributed by atoms with van der Waals surface area (Å²) in [5.41, 5.74) is 1.18. The Morgan fingerprint density at radius 2 is 2.21 bits per heavy atom. The molecule has 1 aromatic carbocycles. The van der Waals surface area contributed by atoms with Gasteiger partial charge in [0.15, 0.2) is 5.82 Å². The van der Waals surface area contributed by atoms with Crippen molar-refractivity contribution in [2.24, 2.45) is 7.05 Å². The Bertz CT molecular complexity index is 567. The SMILES string of the molecule is CCOC(=O)c1ccccc1NCc1nnn(C)n1. The van der Waals surface area contributed by atoms with Gasteiger partial charge in [-0.2, -0.15) is 4.80 Å². The Morgan fingerprint density at radius 3 is 2.89 bits per heavy atom. The van der Waals surface area contributed by atoms with E-state index in [0.717, 1.165) is 0 Å². The summed E-state index contributed by atoms with van der Waals surface area (Å²) in [6.45, 7) is 2.51. The average Bonchev–Trinajstić information content (AvgIpc) is 2.83. The summed E-state index contributed by atoms with van der Waals surface area (Å²) in [5, 5.41) is 14.8. The molecule has 0 unspecified atom stereocenters. The molecule has 0 aliphatic heterocycles. The van der Waals surface area contributed by atoms with Crippen molar-refractivity contribution in [1.29, 1.82) is 0 Å². The molecule has 0 aliphatic rings. The Balaban J connectivity index is 2.09. The van der Waals surface area contributed by atoms with Gasteiger partial charge in [-0.25, -0.2) is 4.79 Å². The van der Waals surface area contributed by atoms with Gasteiger partial charge in [-0.15, -0.1) is 10.2 Å². The van der Waals surface area contributed by atoms with E-state index in [-0.39, 0.29) is 5.97 Å². The maximum absolute atomic E-state index is 11.8. The fourth-order valence-electron chi connectivity index (χ4n) is 1.59. The summed E-state index contributed by atoms with van der Waals surface area (Å²) >= 11 is 0. The minimum absolute atomic E-state index is 0.346. The van der Waals surface area contributed by atoms with Crippen LogP contribution in [0.2, 0.25) is 0 Å². The van der Waals surface area contributed by atoms with Crippen molar-refractivity contribution in [3.63, 3.8) is 0 Å². The average molecular weight is 261 g/mol. The highest BCUT2D eigenvalue weighted by Crippen LogP contribution is 2.16. The highest BCUT2D eigenvalue weighted by molar-refractivity contribution is 5.95. The van der Waals surface area contributed by atoms with Crippen LogP contribution >= 0.6 is 0 Å². The monoisotopic (exact) mass is 261 g/mol. The number of carbonyl (C=O) groups is 1. The maximum Gasteiger partial charge on any atom is 0.340 e. The standard InChI is InChI=1S/C12H15N5O2/c1-3-19-12(18)9-6-4-5-7-10(9)13-8-11-14-16-17(2)15-11/h4-7,13H,3,8H2,1-2H3. The van der Waals surface area contributed by atoms with Crippen molar-refractivity contribution in [2.45, 2.75) is 13.5 Å². The number of nitrogens with zero attached hydrogens (tertiary/aromatic N) is 4. The molecule has 0 amide bonds. The van der Waals surface area contributed by atoms with Crippen LogP contribution in [-0.4, -0.2) is 32.8 Å². The molecule has 0 atom stereocenters. The number of para-hydroxylation sites is 1. The number of ether oxygens (including phenoxy) is 1. The van der Waals surface area contributed by atoms with Crippen molar-refractivity contribution in [3.05, 3.63) is 35.7 Å². The van der Waals surface area contributed by atoms with E-state index in [1.807, 2.05) is 12.1 Å². The van der Waals surface area contributed by atoms with E-state index < -0.39 is 0 Å². The van der Waals surface area contributed by atoms with Crippen LogP contribution < -0.4 is 5.32 Å². The molecule has 1 aromatic heterocycles. The zero-order valence-electron chi connectivity index (χ0n) is 10.8. The van der Waals surface area contributed by atoms with Crippen LogP contribution in [0.5, 0.6) is 0 Å². The molecule has 1 N–H and O–H groups in total. The molecule has 0 fully saturated rings. The van der Waals surface area contributed by atoms with Gasteiger partial charge in [0.2, 0.25) is 0 Å². The number of aryl methyl sites for hydroxylation is 1. The number of benzene rings is 1. The van der Waals surface area contributed by atoms with Gasteiger partial charge in [-0.3, -0.25) is 0 Å². The van der Waals surface area contributed by atoms with Crippen LogP contribution in [-0.2, 0) is 18.3 Å². The Kier molecular flexibility index (Phi) is 4.07. The summed E-state index contributed by atoms with van der Waals surface area (Å²) in [6, 6.07) is 7.15. The predicted molar refractivity (Wildman–Crippen MR) is 68.5 cm³/mol. The molecule has 2 rings (SSSR count). The van der Waals surface area contributed by atoms with Gasteiger partial charge in [-0.1, -0.05) is 12.1 Å². The number of tetrazole rings is 1. The van der Waals surface area contributed by atoms with Crippen LogP contribution in [0.25, 0.3) is 0 Å². The van der Waals surface area contributed by atoms with E-state index in [1.54, 1.807) is 26.1 Å². The molecule has 0 bridgehead atoms. The van der Waals surface area contributed by atoms with E-state index in [1.165, 1.54) is 4.80 Å². The first-order chi connectivity index (χ1) is 9.20. The zero-order chi connectivity index (χ0) is 13.7. The van der Waals surface area contributed by atoms with E-state index in [9.17, 15) is 4.79 Å². The van der Waals surface area contributed by atoms with Crippen LogP contribution in [0.15, 0.2) is 24.3 Å². The number of rotatable bonds is 5. The van der Waals surface area contributed by atoms with Crippen molar-refractivity contribution in [3.8, 4) is 0 Å². The lowest BCUT2D eigenvalue weighted by atomic mass is 10.2. The molecule has 1 heterocycles. The largest absolute Gasteiger partial charge is 0.462 e. The second kappa shape index (κ2) is 5.94. The number of hydrogen-bond acceptors (Lipinski definition) is 6. The summed E-state index contributed by atoms with van der Waals surface area (Å²) in [5.74, 6) is 0.207. The molecular formula is C12H15N5O2. The quantitative estimate of drug-likeness (QED) is 0.808. The number of nitrogens with one attached hydrogen (secondary N) is 1. The maximum atomic E-state index is 11.8. The highest BCUT2D eigenvalue weighted by atomic mass is 16.5. The summed E-state index contributed by atoms with van der Waals surface area (Å²) < 4.78 is 5.00. The Labute approximate surface area is 110 Å². The second-order valence-electron chi connectivity index (χ2n) is 3.81. The molecule has 19 heavy (non-hydrogen) atoms. The van der Waals surface area contributed by atoms with Gasteiger partial charge in [0.25, 0.3) is 0 Å². The minimum Gasteiger partial charge on any atom is -0.462 e. The molecule has 2 aromatic rings. The molecule has 0 saturated heterocycles. The number of hydrogen-bond donors (Lipinski definition) is 1. The number of aromatic nitrogens is 4. The predicted octanol–water partition coefficient (Wildman–Crippen LogP) is 0.999. The van der Waals surface area contributed by atoms with Gasteiger partial charge in [0.05, 0.1) is 25.8 Å². The van der Waals surface area contributed by atoms with E-state index >= 15 is 0 Å². The summed E-state index contributed by atoms with van der Waals surface area (Å²) in [4.78, 5) is 13.2. The van der Waals surface area contributed by atoms with Gasteiger partial charge in [-0.05, 0) is 24.3 Å². The molecule has 0 radical (unpaired) electrons. The Morgan fingerprint density at radius 1 is 1.42 bits per heavy atom. The van der Waals surface area contributed by atoms with Crippen LogP contribution in [0.1, 0.15) is 23.1 Å². The zero-order valence-corrected chi connectivity index (χ0v) is 10.8. The van der Waals surface area contributed by atoms with Crippen LogP contribution in [0, 0.1) is 0 Å². The Hall–Kier alpha value is -2.44. The molecule has 0 aliphatic carbocycles. The second-order valence-corrected chi connectivity index (χ2v) is 3.81. The summed E-state index contributed by atoms with van der Waals surface area (Å²) in [6.07, 6.45) is 0. The van der Waals surface area contributed by atoms with Gasteiger partial charge < -0.3 is 10.1 Å². The van der Waals surface area contributed by atoms with Crippen molar-refractivity contribution >= 4 is 11.7 Å². The number of anilines is 1. The number of carbonyl (C=O) groups excluding carboxylic acids is 1. The third-order valence-electron chi connectivity index (χ3n) is 2.41. The van der Waals surface area contributed by atoms with Gasteiger partial charge in [0, 0.05) is 5.69 Å². The number of esters is 1. The highest BCUT2D eigenvalue weighted by Gasteiger charge is 2.12. The lowest BCUT2D eigenvalue weighted by Crippen LogP contribution is -2.10. The third-order valence-corrected chi connectivity index (χ3v) is 2.41. The fourth-order valence-corrected chi connectivity index (χ4v) is 1.59. The molecule has 100 valence electrons. The van der Waals surface area contributed by atoms with E-state index in [2.05, 4.69) is 20.7 Å². The first-order valence-electron chi connectivity index (χ1n) is 5.93. The molecule has 7 heteroatoms. The summed E-state index contributed by atoms with van der Waals surface area (Å²) in [7, 11) is 1.70. The third kappa shape index (κ3) is 3.27. The molecule has 0 saturated carbocycles.